The van der Waals surface area contributed by atoms with E-state index in [4.69, 9.17) is 5.11 Å². The van der Waals surface area contributed by atoms with Gasteiger partial charge < -0.3 is 10.2 Å². The summed E-state index contributed by atoms with van der Waals surface area (Å²) in [5, 5.41) is 18.0. The van der Waals surface area contributed by atoms with E-state index in [0.29, 0.717) is 12.1 Å². The zero-order chi connectivity index (χ0) is 12.1. The van der Waals surface area contributed by atoms with Crippen LogP contribution in [0.25, 0.3) is 0 Å². The molecule has 16 heavy (non-hydrogen) atoms. The van der Waals surface area contributed by atoms with E-state index in [-0.39, 0.29) is 6.61 Å². The average molecular weight is 288 g/mol. The highest BCUT2D eigenvalue weighted by Gasteiger charge is 2.25. The second-order valence-electron chi connectivity index (χ2n) is 3.47. The van der Waals surface area contributed by atoms with Crippen molar-refractivity contribution >= 4 is 21.9 Å². The van der Waals surface area contributed by atoms with Crippen molar-refractivity contribution in [2.75, 3.05) is 20.2 Å². The van der Waals surface area contributed by atoms with Crippen LogP contribution in [0.5, 0.6) is 0 Å². The van der Waals surface area contributed by atoms with E-state index in [1.54, 1.807) is 30.1 Å². The number of hydrogen-bond donors (Lipinski definition) is 2. The molecule has 0 bridgehead atoms. The highest BCUT2D eigenvalue weighted by Crippen LogP contribution is 2.27. The first-order chi connectivity index (χ1) is 7.57. The molecule has 1 rings (SSSR count). The Morgan fingerprint density at radius 3 is 2.62 bits per heavy atom. The molecular weight excluding hydrogens is 274 g/mol. The lowest BCUT2D eigenvalue weighted by atomic mass is 10.1. The second kappa shape index (κ2) is 5.98. The Labute approximate surface area is 103 Å². The normalized spacial score (nSPS) is 12.8. The summed E-state index contributed by atoms with van der Waals surface area (Å²) in [5.41, 5.74) is 0.686. The number of hydrogen-bond acceptors (Lipinski definition) is 3. The lowest BCUT2D eigenvalue weighted by Gasteiger charge is -2.24. The molecule has 0 spiro atoms. The van der Waals surface area contributed by atoms with Crippen LogP contribution in [0.3, 0.4) is 0 Å². The number of aliphatic hydroxyl groups is 1. The molecule has 2 N–H and O–H groups in total. The molecule has 5 heteroatoms. The maximum atomic E-state index is 11.2. The van der Waals surface area contributed by atoms with E-state index in [1.807, 2.05) is 6.07 Å². The molecule has 0 saturated carbocycles. The number of nitrogens with zero attached hydrogens (tertiary/aromatic N) is 1. The third-order valence-corrected chi connectivity index (χ3v) is 3.05. The van der Waals surface area contributed by atoms with Crippen LogP contribution >= 0.6 is 15.9 Å². The summed E-state index contributed by atoms with van der Waals surface area (Å²) in [7, 11) is 1.68. The monoisotopic (exact) mass is 287 g/mol. The number of halogens is 1. The number of likely N-dealkylation sites (N-methyl/N-ethyl adjacent to an activating group) is 1. The van der Waals surface area contributed by atoms with Gasteiger partial charge in [-0.25, -0.2) is 0 Å². The molecular formula is C11H14BrNO3. The van der Waals surface area contributed by atoms with Crippen LogP contribution in [-0.4, -0.2) is 41.3 Å². The third kappa shape index (κ3) is 3.04. The predicted molar refractivity (Wildman–Crippen MR) is 64.2 cm³/mol. The molecule has 1 aromatic carbocycles. The molecule has 0 aliphatic carbocycles. The Bertz CT molecular complexity index is 370. The highest BCUT2D eigenvalue weighted by molar-refractivity contribution is 9.10. The van der Waals surface area contributed by atoms with Crippen molar-refractivity contribution in [3.63, 3.8) is 0 Å². The van der Waals surface area contributed by atoms with E-state index >= 15 is 0 Å². The lowest BCUT2D eigenvalue weighted by molar-refractivity contribution is -0.143. The average Bonchev–Trinajstić information content (AvgIpc) is 2.21. The van der Waals surface area contributed by atoms with Crippen molar-refractivity contribution in [3.8, 4) is 0 Å². The van der Waals surface area contributed by atoms with E-state index in [9.17, 15) is 9.90 Å². The minimum Gasteiger partial charge on any atom is -0.480 e. The standard InChI is InChI=1S/C11H14BrNO3/c1-13(6-7-14)10(11(15)16)8-4-2-3-5-9(8)12/h2-5,10,14H,6-7H2,1H3,(H,15,16). The molecule has 1 unspecified atom stereocenters. The summed E-state index contributed by atoms with van der Waals surface area (Å²) in [4.78, 5) is 12.8. The van der Waals surface area contributed by atoms with Gasteiger partial charge in [0.05, 0.1) is 6.61 Å². The Morgan fingerprint density at radius 1 is 1.50 bits per heavy atom. The van der Waals surface area contributed by atoms with E-state index in [0.717, 1.165) is 4.47 Å². The van der Waals surface area contributed by atoms with Gasteiger partial charge in [-0.3, -0.25) is 9.69 Å². The van der Waals surface area contributed by atoms with E-state index in [1.165, 1.54) is 0 Å². The SMILES string of the molecule is CN(CCO)C(C(=O)O)c1ccccc1Br. The summed E-state index contributed by atoms with van der Waals surface area (Å²) in [6.07, 6.45) is 0. The van der Waals surface area contributed by atoms with Crippen molar-refractivity contribution < 1.29 is 15.0 Å². The van der Waals surface area contributed by atoms with Crippen LogP contribution in [0.2, 0.25) is 0 Å². The van der Waals surface area contributed by atoms with Crippen molar-refractivity contribution in [2.45, 2.75) is 6.04 Å². The maximum absolute atomic E-state index is 11.2. The van der Waals surface area contributed by atoms with Crippen molar-refractivity contribution in [1.29, 1.82) is 0 Å². The van der Waals surface area contributed by atoms with E-state index < -0.39 is 12.0 Å². The topological polar surface area (TPSA) is 60.8 Å². The van der Waals surface area contributed by atoms with Crippen molar-refractivity contribution in [1.82, 2.24) is 4.90 Å². The molecule has 0 aliphatic rings. The molecule has 4 nitrogen and oxygen atoms in total. The molecule has 88 valence electrons. The van der Waals surface area contributed by atoms with Crippen LogP contribution < -0.4 is 0 Å². The fourth-order valence-electron chi connectivity index (χ4n) is 1.54. The van der Waals surface area contributed by atoms with Gasteiger partial charge in [0, 0.05) is 11.0 Å². The lowest BCUT2D eigenvalue weighted by Crippen LogP contribution is -2.33. The Hall–Kier alpha value is -0.910. The molecule has 0 fully saturated rings. The number of carboxylic acid groups (broad SMARTS) is 1. The van der Waals surface area contributed by atoms with Gasteiger partial charge in [0.2, 0.25) is 0 Å². The van der Waals surface area contributed by atoms with E-state index in [2.05, 4.69) is 15.9 Å². The molecule has 0 heterocycles. The molecule has 0 aliphatic heterocycles. The van der Waals surface area contributed by atoms with Gasteiger partial charge >= 0.3 is 5.97 Å². The predicted octanol–water partition coefficient (Wildman–Crippen LogP) is 1.50. The number of aliphatic hydroxyl groups excluding tert-OH is 1. The van der Waals surface area contributed by atoms with Gasteiger partial charge in [-0.2, -0.15) is 0 Å². The van der Waals surface area contributed by atoms with Gasteiger partial charge in [0.1, 0.15) is 6.04 Å². The number of aliphatic carboxylic acids is 1. The van der Waals surface area contributed by atoms with Gasteiger partial charge in [-0.05, 0) is 18.7 Å². The van der Waals surface area contributed by atoms with Gasteiger partial charge in [0.25, 0.3) is 0 Å². The largest absolute Gasteiger partial charge is 0.480 e. The molecule has 0 saturated heterocycles. The van der Waals surface area contributed by atoms with Crippen LogP contribution in [0.1, 0.15) is 11.6 Å². The molecule has 1 aromatic rings. The minimum atomic E-state index is -0.928. The Balaban J connectivity index is 3.03. The first-order valence-electron chi connectivity index (χ1n) is 4.86. The van der Waals surface area contributed by atoms with Crippen molar-refractivity contribution in [3.05, 3.63) is 34.3 Å². The zero-order valence-electron chi connectivity index (χ0n) is 8.93. The first-order valence-corrected chi connectivity index (χ1v) is 5.65. The Morgan fingerprint density at radius 2 is 2.12 bits per heavy atom. The number of benzene rings is 1. The molecule has 0 radical (unpaired) electrons. The van der Waals surface area contributed by atoms with Gasteiger partial charge in [-0.1, -0.05) is 34.1 Å². The smallest absolute Gasteiger partial charge is 0.325 e. The quantitative estimate of drug-likeness (QED) is 0.862. The fraction of sp³-hybridized carbons (Fsp3) is 0.364. The molecule has 0 amide bonds. The second-order valence-corrected chi connectivity index (χ2v) is 4.32. The third-order valence-electron chi connectivity index (χ3n) is 2.33. The summed E-state index contributed by atoms with van der Waals surface area (Å²) < 4.78 is 0.757. The summed E-state index contributed by atoms with van der Waals surface area (Å²) >= 11 is 3.33. The van der Waals surface area contributed by atoms with Crippen molar-refractivity contribution in [2.24, 2.45) is 0 Å². The summed E-state index contributed by atoms with van der Waals surface area (Å²) in [5.74, 6) is -0.928. The van der Waals surface area contributed by atoms with Crippen LogP contribution in [-0.2, 0) is 4.79 Å². The van der Waals surface area contributed by atoms with Crippen LogP contribution in [0, 0.1) is 0 Å². The highest BCUT2D eigenvalue weighted by atomic mass is 79.9. The first kappa shape index (κ1) is 13.2. The van der Waals surface area contributed by atoms with Gasteiger partial charge in [0.15, 0.2) is 0 Å². The molecule has 0 aromatic heterocycles. The zero-order valence-corrected chi connectivity index (χ0v) is 10.5. The minimum absolute atomic E-state index is 0.0647. The van der Waals surface area contributed by atoms with Gasteiger partial charge in [-0.15, -0.1) is 0 Å². The summed E-state index contributed by atoms with van der Waals surface area (Å²) in [6, 6.07) is 6.44. The van der Waals surface area contributed by atoms with Crippen LogP contribution in [0.15, 0.2) is 28.7 Å². The number of rotatable bonds is 5. The number of carbonyl (C=O) groups is 1. The summed E-state index contributed by atoms with van der Waals surface area (Å²) in [6.45, 7) is 0.253. The van der Waals surface area contributed by atoms with Crippen LogP contribution in [0.4, 0.5) is 0 Å². The Kier molecular flexibility index (Phi) is 4.92. The number of carboxylic acids is 1. The molecule has 1 atom stereocenters. The maximum Gasteiger partial charge on any atom is 0.325 e. The fourth-order valence-corrected chi connectivity index (χ4v) is 2.04.